The molecular weight excluding hydrogens is 345 g/mol. The smallest absolute Gasteiger partial charge is 0.326 e. The monoisotopic (exact) mass is 359 g/mol. The van der Waals surface area contributed by atoms with Gasteiger partial charge >= 0.3 is 5.97 Å². The highest BCUT2D eigenvalue weighted by molar-refractivity contribution is 14.1. The van der Waals surface area contributed by atoms with Gasteiger partial charge in [0.05, 0.1) is 0 Å². The number of halogens is 1. The Hall–Kier alpha value is -1.11. The number of carbonyl (C=O) groups excluding carboxylic acids is 1. The Labute approximate surface area is 119 Å². The van der Waals surface area contributed by atoms with E-state index in [1.165, 1.54) is 0 Å². The second-order valence-electron chi connectivity index (χ2n) is 4.50. The number of hydrogen-bond donors (Lipinski definition) is 2. The van der Waals surface area contributed by atoms with Gasteiger partial charge in [0.25, 0.3) is 0 Å². The highest BCUT2D eigenvalue weighted by atomic mass is 127. The molecule has 5 heteroatoms. The van der Waals surface area contributed by atoms with E-state index >= 15 is 0 Å². The van der Waals surface area contributed by atoms with Crippen molar-refractivity contribution in [3.63, 3.8) is 0 Å². The van der Waals surface area contributed by atoms with Crippen molar-refractivity contribution < 1.29 is 14.7 Å². The van der Waals surface area contributed by atoms with E-state index in [1.54, 1.807) is 0 Å². The van der Waals surface area contributed by atoms with E-state index in [2.05, 4.69) is 27.9 Å². The Balaban J connectivity index is 1.99. The maximum Gasteiger partial charge on any atom is 0.326 e. The second-order valence-corrected chi connectivity index (χ2v) is 5.75. The van der Waals surface area contributed by atoms with Crippen molar-refractivity contribution >= 4 is 34.5 Å². The zero-order valence-corrected chi connectivity index (χ0v) is 11.9. The summed E-state index contributed by atoms with van der Waals surface area (Å²) in [6.45, 7) is 0. The fourth-order valence-corrected chi connectivity index (χ4v) is 2.05. The van der Waals surface area contributed by atoms with Gasteiger partial charge < -0.3 is 10.4 Å². The van der Waals surface area contributed by atoms with E-state index in [0.29, 0.717) is 6.42 Å². The molecule has 96 valence electrons. The SMILES string of the molecule is O=C(N[C@@H](Cc1ccc(I)cc1)C(=O)O)C1CC1. The minimum absolute atomic E-state index is 0.0311. The molecule has 0 saturated heterocycles. The number of aliphatic carboxylic acids is 1. The van der Waals surface area contributed by atoms with Crippen LogP contribution in [0.2, 0.25) is 0 Å². The van der Waals surface area contributed by atoms with E-state index in [4.69, 9.17) is 5.11 Å². The lowest BCUT2D eigenvalue weighted by Gasteiger charge is -2.14. The molecule has 0 spiro atoms. The number of carbonyl (C=O) groups is 2. The van der Waals surface area contributed by atoms with Crippen LogP contribution in [0.1, 0.15) is 18.4 Å². The molecule has 18 heavy (non-hydrogen) atoms. The summed E-state index contributed by atoms with van der Waals surface area (Å²) in [5.41, 5.74) is 0.916. The molecular formula is C13H14INO3. The molecule has 0 unspecified atom stereocenters. The van der Waals surface area contributed by atoms with Gasteiger partial charge in [-0.2, -0.15) is 0 Å². The lowest BCUT2D eigenvalue weighted by atomic mass is 10.1. The van der Waals surface area contributed by atoms with Crippen molar-refractivity contribution in [2.45, 2.75) is 25.3 Å². The van der Waals surface area contributed by atoms with Gasteiger partial charge in [-0.3, -0.25) is 4.79 Å². The first-order chi connectivity index (χ1) is 8.56. The van der Waals surface area contributed by atoms with Crippen LogP contribution in [0.3, 0.4) is 0 Å². The summed E-state index contributed by atoms with van der Waals surface area (Å²) in [5.74, 6) is -1.08. The Morgan fingerprint density at radius 2 is 1.94 bits per heavy atom. The highest BCUT2D eigenvalue weighted by Crippen LogP contribution is 2.29. The molecule has 1 saturated carbocycles. The molecule has 1 aliphatic carbocycles. The van der Waals surface area contributed by atoms with Gasteiger partial charge in [-0.1, -0.05) is 12.1 Å². The van der Waals surface area contributed by atoms with Crippen molar-refractivity contribution in [2.75, 3.05) is 0 Å². The summed E-state index contributed by atoms with van der Waals surface area (Å²) in [6, 6.07) is 6.80. The third-order valence-corrected chi connectivity index (χ3v) is 3.63. The minimum Gasteiger partial charge on any atom is -0.480 e. The predicted molar refractivity (Wildman–Crippen MR) is 75.2 cm³/mol. The van der Waals surface area contributed by atoms with E-state index in [1.807, 2.05) is 24.3 Å². The molecule has 1 aromatic carbocycles. The average Bonchev–Trinajstić information content (AvgIpc) is 3.14. The van der Waals surface area contributed by atoms with Gasteiger partial charge in [0, 0.05) is 15.9 Å². The minimum atomic E-state index is -0.984. The number of carboxylic acid groups (broad SMARTS) is 1. The summed E-state index contributed by atoms with van der Waals surface area (Å²) in [5, 5.41) is 11.7. The average molecular weight is 359 g/mol. The molecule has 2 rings (SSSR count). The standard InChI is InChI=1S/C13H14INO3/c14-10-5-1-8(2-6-10)7-11(13(17)18)15-12(16)9-3-4-9/h1-2,5-6,9,11H,3-4,7H2,(H,15,16)(H,17,18)/t11-/m0/s1. The first kappa shape index (κ1) is 13.3. The largest absolute Gasteiger partial charge is 0.480 e. The van der Waals surface area contributed by atoms with Crippen molar-refractivity contribution in [3.05, 3.63) is 33.4 Å². The highest BCUT2D eigenvalue weighted by Gasteiger charge is 2.32. The van der Waals surface area contributed by atoms with Crippen molar-refractivity contribution in [2.24, 2.45) is 5.92 Å². The van der Waals surface area contributed by atoms with Crippen LogP contribution >= 0.6 is 22.6 Å². The molecule has 0 aromatic heterocycles. The molecule has 0 radical (unpaired) electrons. The molecule has 4 nitrogen and oxygen atoms in total. The van der Waals surface area contributed by atoms with Crippen molar-refractivity contribution in [1.29, 1.82) is 0 Å². The van der Waals surface area contributed by atoms with E-state index in [-0.39, 0.29) is 11.8 Å². The summed E-state index contributed by atoms with van der Waals surface area (Å²) in [7, 11) is 0. The Bertz CT molecular complexity index is 454. The van der Waals surface area contributed by atoms with Gasteiger partial charge in [-0.05, 0) is 53.1 Å². The van der Waals surface area contributed by atoms with E-state index in [0.717, 1.165) is 22.0 Å². The summed E-state index contributed by atoms with van der Waals surface area (Å²) in [6.07, 6.45) is 2.08. The van der Waals surface area contributed by atoms with Crippen LogP contribution in [0.5, 0.6) is 0 Å². The normalized spacial score (nSPS) is 16.1. The van der Waals surface area contributed by atoms with Crippen LogP contribution < -0.4 is 5.32 Å². The Morgan fingerprint density at radius 3 is 2.44 bits per heavy atom. The number of rotatable bonds is 5. The molecule has 1 aromatic rings. The lowest BCUT2D eigenvalue weighted by Crippen LogP contribution is -2.43. The van der Waals surface area contributed by atoms with Crippen LogP contribution in [-0.4, -0.2) is 23.0 Å². The van der Waals surface area contributed by atoms with Gasteiger partial charge in [-0.15, -0.1) is 0 Å². The molecule has 0 heterocycles. The zero-order chi connectivity index (χ0) is 13.1. The Morgan fingerprint density at radius 1 is 1.33 bits per heavy atom. The number of amides is 1. The van der Waals surface area contributed by atoms with Crippen LogP contribution in [0, 0.1) is 9.49 Å². The third-order valence-electron chi connectivity index (χ3n) is 2.92. The number of benzene rings is 1. The van der Waals surface area contributed by atoms with E-state index in [9.17, 15) is 9.59 Å². The van der Waals surface area contributed by atoms with Crippen LogP contribution in [-0.2, 0) is 16.0 Å². The van der Waals surface area contributed by atoms with E-state index < -0.39 is 12.0 Å². The van der Waals surface area contributed by atoms with Gasteiger partial charge in [-0.25, -0.2) is 4.79 Å². The number of nitrogens with one attached hydrogen (secondary N) is 1. The predicted octanol–water partition coefficient (Wildman–Crippen LogP) is 1.81. The third kappa shape index (κ3) is 3.69. The lowest BCUT2D eigenvalue weighted by molar-refractivity contribution is -0.142. The molecule has 0 bridgehead atoms. The van der Waals surface area contributed by atoms with Crippen molar-refractivity contribution in [3.8, 4) is 0 Å². The topological polar surface area (TPSA) is 66.4 Å². The quantitative estimate of drug-likeness (QED) is 0.789. The van der Waals surface area contributed by atoms with Crippen molar-refractivity contribution in [1.82, 2.24) is 5.32 Å². The van der Waals surface area contributed by atoms with Gasteiger partial charge in [0.1, 0.15) is 6.04 Å². The number of carboxylic acids is 1. The molecule has 0 aliphatic heterocycles. The van der Waals surface area contributed by atoms with Crippen LogP contribution in [0.4, 0.5) is 0 Å². The van der Waals surface area contributed by atoms with Gasteiger partial charge in [0.15, 0.2) is 0 Å². The number of hydrogen-bond acceptors (Lipinski definition) is 2. The first-order valence-electron chi connectivity index (χ1n) is 5.84. The molecule has 1 amide bonds. The fraction of sp³-hybridized carbons (Fsp3) is 0.385. The maximum absolute atomic E-state index is 11.6. The fourth-order valence-electron chi connectivity index (χ4n) is 1.69. The van der Waals surface area contributed by atoms with Gasteiger partial charge in [0.2, 0.25) is 5.91 Å². The first-order valence-corrected chi connectivity index (χ1v) is 6.92. The summed E-state index contributed by atoms with van der Waals surface area (Å²) < 4.78 is 1.10. The maximum atomic E-state index is 11.6. The molecule has 1 fully saturated rings. The molecule has 2 N–H and O–H groups in total. The molecule has 1 aliphatic rings. The molecule has 1 atom stereocenters. The zero-order valence-electron chi connectivity index (χ0n) is 9.73. The van der Waals surface area contributed by atoms with Crippen LogP contribution in [0.15, 0.2) is 24.3 Å². The summed E-state index contributed by atoms with van der Waals surface area (Å²) >= 11 is 2.19. The summed E-state index contributed by atoms with van der Waals surface area (Å²) in [4.78, 5) is 22.7. The second kappa shape index (κ2) is 5.69. The van der Waals surface area contributed by atoms with Crippen LogP contribution in [0.25, 0.3) is 0 Å². The Kier molecular flexibility index (Phi) is 4.21.